The first-order valence-corrected chi connectivity index (χ1v) is 9.94. The zero-order valence-electron chi connectivity index (χ0n) is 16.5. The molecule has 2 aromatic carbocycles. The van der Waals surface area contributed by atoms with Crippen molar-refractivity contribution < 1.29 is 23.7 Å². The number of hydrogen-bond acceptors (Lipinski definition) is 9. The molecule has 2 aromatic heterocycles. The van der Waals surface area contributed by atoms with Gasteiger partial charge in [-0.15, -0.1) is 10.2 Å². The first-order valence-electron chi connectivity index (χ1n) is 9.12. The normalized spacial score (nSPS) is 15.2. The summed E-state index contributed by atoms with van der Waals surface area (Å²) in [6, 6.07) is 11.2. The SMILES string of the molecule is COc1cc(-c2nnc3sc(C4COc5ccccc5O4)nn23)cc(OC)c1OC. The van der Waals surface area contributed by atoms with Gasteiger partial charge in [0.1, 0.15) is 6.61 Å². The van der Waals surface area contributed by atoms with Gasteiger partial charge >= 0.3 is 0 Å². The summed E-state index contributed by atoms with van der Waals surface area (Å²) >= 11 is 1.41. The summed E-state index contributed by atoms with van der Waals surface area (Å²) in [6.45, 7) is 0.376. The van der Waals surface area contributed by atoms with Crippen molar-refractivity contribution in [2.45, 2.75) is 6.10 Å². The first kappa shape index (κ1) is 18.5. The van der Waals surface area contributed by atoms with Crippen LogP contribution in [0.2, 0.25) is 0 Å². The van der Waals surface area contributed by atoms with Crippen LogP contribution in [0.1, 0.15) is 11.1 Å². The minimum Gasteiger partial charge on any atom is -0.493 e. The zero-order valence-corrected chi connectivity index (χ0v) is 17.3. The number of nitrogens with zero attached hydrogens (tertiary/aromatic N) is 4. The van der Waals surface area contributed by atoms with E-state index in [0.717, 1.165) is 16.3 Å². The molecule has 3 heterocycles. The molecule has 5 rings (SSSR count). The van der Waals surface area contributed by atoms with Gasteiger partial charge in [-0.2, -0.15) is 9.61 Å². The molecular weight excluding hydrogens is 408 g/mol. The molecule has 0 amide bonds. The Kier molecular flexibility index (Phi) is 4.55. The van der Waals surface area contributed by atoms with Gasteiger partial charge in [-0.25, -0.2) is 0 Å². The smallest absolute Gasteiger partial charge is 0.235 e. The molecule has 0 saturated carbocycles. The maximum Gasteiger partial charge on any atom is 0.235 e. The third-order valence-corrected chi connectivity index (χ3v) is 5.70. The molecule has 1 unspecified atom stereocenters. The lowest BCUT2D eigenvalue weighted by molar-refractivity contribution is 0.0904. The van der Waals surface area contributed by atoms with Crippen LogP contribution in [-0.4, -0.2) is 47.7 Å². The van der Waals surface area contributed by atoms with E-state index in [2.05, 4.69) is 10.2 Å². The molecule has 0 aliphatic carbocycles. The number of fused-ring (bicyclic) bond motifs is 2. The van der Waals surface area contributed by atoms with Gasteiger partial charge in [0.2, 0.25) is 10.7 Å². The molecule has 0 spiro atoms. The van der Waals surface area contributed by atoms with Crippen molar-refractivity contribution in [3.8, 4) is 40.1 Å². The number of para-hydroxylation sites is 2. The molecule has 0 bridgehead atoms. The molecule has 0 N–H and O–H groups in total. The van der Waals surface area contributed by atoms with E-state index in [9.17, 15) is 0 Å². The highest BCUT2D eigenvalue weighted by atomic mass is 32.1. The number of ether oxygens (including phenoxy) is 5. The van der Waals surface area contributed by atoms with Crippen LogP contribution in [0.15, 0.2) is 36.4 Å². The van der Waals surface area contributed by atoms with Crippen LogP contribution in [0.5, 0.6) is 28.7 Å². The highest BCUT2D eigenvalue weighted by Gasteiger charge is 2.27. The summed E-state index contributed by atoms with van der Waals surface area (Å²) in [5.74, 6) is 3.55. The van der Waals surface area contributed by atoms with Gasteiger partial charge in [-0.05, 0) is 24.3 Å². The average molecular weight is 426 g/mol. The van der Waals surface area contributed by atoms with Gasteiger partial charge in [0.15, 0.2) is 39.9 Å². The lowest BCUT2D eigenvalue weighted by atomic mass is 10.1. The Morgan fingerprint density at radius 3 is 2.43 bits per heavy atom. The Bertz CT molecular complexity index is 1200. The second-order valence-electron chi connectivity index (χ2n) is 6.44. The number of hydrogen-bond donors (Lipinski definition) is 0. The van der Waals surface area contributed by atoms with Crippen LogP contribution < -0.4 is 23.7 Å². The van der Waals surface area contributed by atoms with Crippen LogP contribution in [0.25, 0.3) is 16.3 Å². The Hall–Kier alpha value is -3.53. The molecule has 154 valence electrons. The van der Waals surface area contributed by atoms with E-state index in [4.69, 9.17) is 28.8 Å². The van der Waals surface area contributed by atoms with E-state index in [1.165, 1.54) is 11.3 Å². The Morgan fingerprint density at radius 1 is 1.00 bits per heavy atom. The minimum absolute atomic E-state index is 0.320. The third-order valence-electron chi connectivity index (χ3n) is 4.71. The van der Waals surface area contributed by atoms with Gasteiger partial charge in [-0.3, -0.25) is 0 Å². The Morgan fingerprint density at radius 2 is 1.73 bits per heavy atom. The highest BCUT2D eigenvalue weighted by molar-refractivity contribution is 7.16. The largest absolute Gasteiger partial charge is 0.493 e. The van der Waals surface area contributed by atoms with Crippen LogP contribution in [-0.2, 0) is 0 Å². The van der Waals surface area contributed by atoms with E-state index in [1.54, 1.807) is 25.8 Å². The van der Waals surface area contributed by atoms with E-state index in [1.807, 2.05) is 36.4 Å². The summed E-state index contributed by atoms with van der Waals surface area (Å²) in [7, 11) is 4.70. The van der Waals surface area contributed by atoms with E-state index in [0.29, 0.717) is 40.4 Å². The van der Waals surface area contributed by atoms with Crippen molar-refractivity contribution in [3.05, 3.63) is 41.4 Å². The maximum atomic E-state index is 6.07. The second-order valence-corrected chi connectivity index (χ2v) is 7.42. The molecule has 4 aromatic rings. The van der Waals surface area contributed by atoms with Crippen LogP contribution in [0.3, 0.4) is 0 Å². The van der Waals surface area contributed by atoms with Gasteiger partial charge in [0.25, 0.3) is 0 Å². The van der Waals surface area contributed by atoms with E-state index >= 15 is 0 Å². The quantitative estimate of drug-likeness (QED) is 0.480. The average Bonchev–Trinajstić information content (AvgIpc) is 3.38. The molecule has 1 aliphatic heterocycles. The Balaban J connectivity index is 1.53. The van der Waals surface area contributed by atoms with Gasteiger partial charge in [0.05, 0.1) is 21.3 Å². The maximum absolute atomic E-state index is 6.07. The fraction of sp³-hybridized carbons (Fsp3) is 0.250. The monoisotopic (exact) mass is 426 g/mol. The standard InChI is InChI=1S/C20H18N4O5S/c1-25-14-8-11(9-15(26-2)17(14)27-3)18-21-22-20-24(18)23-19(30-20)16-10-28-12-6-4-5-7-13(12)29-16/h4-9,16H,10H2,1-3H3. The van der Waals surface area contributed by atoms with Crippen LogP contribution in [0.4, 0.5) is 0 Å². The Labute approximate surface area is 175 Å². The van der Waals surface area contributed by atoms with Gasteiger partial charge in [0, 0.05) is 5.56 Å². The molecule has 1 atom stereocenters. The fourth-order valence-electron chi connectivity index (χ4n) is 3.29. The van der Waals surface area contributed by atoms with Crippen molar-refractivity contribution in [1.29, 1.82) is 0 Å². The van der Waals surface area contributed by atoms with Crippen molar-refractivity contribution in [2.75, 3.05) is 27.9 Å². The first-order chi connectivity index (χ1) is 14.7. The molecule has 10 heteroatoms. The second kappa shape index (κ2) is 7.38. The van der Waals surface area contributed by atoms with Gasteiger partial charge in [-0.1, -0.05) is 23.5 Å². The lowest BCUT2D eigenvalue weighted by Gasteiger charge is -2.24. The van der Waals surface area contributed by atoms with Crippen molar-refractivity contribution in [2.24, 2.45) is 0 Å². The topological polar surface area (TPSA) is 89.2 Å². The molecule has 0 saturated heterocycles. The number of aromatic nitrogens is 4. The van der Waals surface area contributed by atoms with Crippen molar-refractivity contribution in [1.82, 2.24) is 19.8 Å². The third kappa shape index (κ3) is 2.96. The van der Waals surface area contributed by atoms with E-state index < -0.39 is 0 Å². The number of methoxy groups -OCH3 is 3. The van der Waals surface area contributed by atoms with Crippen molar-refractivity contribution >= 4 is 16.3 Å². The van der Waals surface area contributed by atoms with Gasteiger partial charge < -0.3 is 23.7 Å². The molecule has 0 fully saturated rings. The molecular formula is C20H18N4O5S. The fourth-order valence-corrected chi connectivity index (χ4v) is 4.15. The highest BCUT2D eigenvalue weighted by Crippen LogP contribution is 2.41. The molecule has 30 heavy (non-hydrogen) atoms. The number of benzene rings is 2. The number of rotatable bonds is 5. The predicted octanol–water partition coefficient (Wildman–Crippen LogP) is 3.39. The summed E-state index contributed by atoms with van der Waals surface area (Å²) in [5.41, 5.74) is 0.736. The zero-order chi connectivity index (χ0) is 20.7. The summed E-state index contributed by atoms with van der Waals surface area (Å²) in [6.07, 6.45) is -0.320. The summed E-state index contributed by atoms with van der Waals surface area (Å²) < 4.78 is 29.9. The van der Waals surface area contributed by atoms with E-state index in [-0.39, 0.29) is 6.10 Å². The van der Waals surface area contributed by atoms with Crippen molar-refractivity contribution in [3.63, 3.8) is 0 Å². The molecule has 1 aliphatic rings. The summed E-state index contributed by atoms with van der Waals surface area (Å²) in [5, 5.41) is 14.0. The predicted molar refractivity (Wildman–Crippen MR) is 109 cm³/mol. The lowest BCUT2D eigenvalue weighted by Crippen LogP contribution is -2.21. The molecule has 9 nitrogen and oxygen atoms in total. The minimum atomic E-state index is -0.320. The molecule has 0 radical (unpaired) electrons. The van der Waals surface area contributed by atoms with Crippen LogP contribution >= 0.6 is 11.3 Å². The summed E-state index contributed by atoms with van der Waals surface area (Å²) in [4.78, 5) is 0.649. The van der Waals surface area contributed by atoms with Crippen LogP contribution in [0, 0.1) is 0 Å².